The topological polar surface area (TPSA) is 58.2 Å². The molecule has 0 radical (unpaired) electrons. The zero-order valence-corrected chi connectivity index (χ0v) is 16.9. The molecule has 1 aromatic rings. The van der Waals surface area contributed by atoms with Crippen LogP contribution in [-0.4, -0.2) is 25.8 Å². The molecule has 0 saturated heterocycles. The number of benzene rings is 1. The molecule has 0 aromatic heterocycles. The van der Waals surface area contributed by atoms with Gasteiger partial charge in [0.25, 0.3) is 0 Å². The Bertz CT molecular complexity index is 707. The number of nitrogens with one attached hydrogen (secondary N) is 2. The highest BCUT2D eigenvalue weighted by atomic mass is 32.2. The Morgan fingerprint density at radius 2 is 1.59 bits per heavy atom. The molecule has 1 aliphatic rings. The molecule has 0 aliphatic heterocycles. The largest absolute Gasteiger partial charge is 0.416 e. The summed E-state index contributed by atoms with van der Waals surface area (Å²) < 4.78 is 64.7. The van der Waals surface area contributed by atoms with Crippen LogP contribution in [-0.2, 0) is 16.2 Å². The first-order valence-corrected chi connectivity index (χ1v) is 10.9. The van der Waals surface area contributed by atoms with E-state index in [-0.39, 0.29) is 6.04 Å². The van der Waals surface area contributed by atoms with E-state index in [4.69, 9.17) is 0 Å². The summed E-state index contributed by atoms with van der Waals surface area (Å²) in [4.78, 5) is 0. The molecule has 27 heavy (non-hydrogen) atoms. The van der Waals surface area contributed by atoms with Crippen molar-refractivity contribution < 1.29 is 21.6 Å². The van der Waals surface area contributed by atoms with Crippen LogP contribution in [0.25, 0.3) is 0 Å². The quantitative estimate of drug-likeness (QED) is 0.685. The lowest BCUT2D eigenvalue weighted by Gasteiger charge is -2.32. The lowest BCUT2D eigenvalue weighted by Crippen LogP contribution is -2.47. The fraction of sp³-hybridized carbons (Fsp3) is 0.684. The number of rotatable bonds is 7. The first-order valence-electron chi connectivity index (χ1n) is 9.37. The third kappa shape index (κ3) is 5.85. The first-order chi connectivity index (χ1) is 12.4. The lowest BCUT2D eigenvalue weighted by molar-refractivity contribution is -0.137. The van der Waals surface area contributed by atoms with Gasteiger partial charge in [0.2, 0.25) is 10.0 Å². The van der Waals surface area contributed by atoms with Crippen LogP contribution in [0.5, 0.6) is 0 Å². The van der Waals surface area contributed by atoms with Gasteiger partial charge in [0.1, 0.15) is 0 Å². The third-order valence-corrected chi connectivity index (χ3v) is 7.94. The van der Waals surface area contributed by atoms with Crippen molar-refractivity contribution in [1.29, 1.82) is 0 Å². The average Bonchev–Trinajstić information content (AvgIpc) is 2.60. The summed E-state index contributed by atoms with van der Waals surface area (Å²) >= 11 is 0. The molecule has 1 aromatic carbocycles. The Morgan fingerprint density at radius 1 is 1.04 bits per heavy atom. The smallest absolute Gasteiger partial charge is 0.385 e. The molecule has 0 spiro atoms. The van der Waals surface area contributed by atoms with Crippen molar-refractivity contribution in [3.8, 4) is 0 Å². The van der Waals surface area contributed by atoms with E-state index in [9.17, 15) is 21.6 Å². The SMILES string of the molecule is CCC(C)(C)S(=O)(=O)NC1CCC(CNc2ccc(C(F)(F)F)cc2)CC1. The van der Waals surface area contributed by atoms with Crippen LogP contribution < -0.4 is 10.0 Å². The van der Waals surface area contributed by atoms with Crippen LogP contribution in [0.15, 0.2) is 24.3 Å². The second-order valence-corrected chi connectivity index (χ2v) is 10.3. The summed E-state index contributed by atoms with van der Waals surface area (Å²) in [5.74, 6) is 0.382. The van der Waals surface area contributed by atoms with Gasteiger partial charge in [-0.3, -0.25) is 0 Å². The van der Waals surface area contributed by atoms with Crippen molar-refractivity contribution in [2.24, 2.45) is 5.92 Å². The van der Waals surface area contributed by atoms with Crippen molar-refractivity contribution in [3.63, 3.8) is 0 Å². The van der Waals surface area contributed by atoms with Gasteiger partial charge in [0.05, 0.1) is 10.3 Å². The molecule has 0 heterocycles. The van der Waals surface area contributed by atoms with Crippen LogP contribution in [0.2, 0.25) is 0 Å². The van der Waals surface area contributed by atoms with Gasteiger partial charge < -0.3 is 5.32 Å². The van der Waals surface area contributed by atoms with Crippen LogP contribution in [0.3, 0.4) is 0 Å². The number of alkyl halides is 3. The van der Waals surface area contributed by atoms with Crippen molar-refractivity contribution in [2.75, 3.05) is 11.9 Å². The van der Waals surface area contributed by atoms with E-state index in [2.05, 4.69) is 10.0 Å². The van der Waals surface area contributed by atoms with Gasteiger partial charge >= 0.3 is 6.18 Å². The van der Waals surface area contributed by atoms with Crippen molar-refractivity contribution in [1.82, 2.24) is 4.72 Å². The Kier molecular flexibility index (Phi) is 6.84. The Balaban J connectivity index is 1.80. The summed E-state index contributed by atoms with van der Waals surface area (Å²) in [5.41, 5.74) is 0.00590. The molecule has 0 amide bonds. The summed E-state index contributed by atoms with van der Waals surface area (Å²) in [6.07, 6.45) is -0.456. The molecule has 1 aliphatic carbocycles. The molecular formula is C19H29F3N2O2S. The monoisotopic (exact) mass is 406 g/mol. The van der Waals surface area contributed by atoms with Gasteiger partial charge in [-0.25, -0.2) is 13.1 Å². The predicted molar refractivity (Wildman–Crippen MR) is 102 cm³/mol. The molecule has 2 rings (SSSR count). The highest BCUT2D eigenvalue weighted by molar-refractivity contribution is 7.90. The van der Waals surface area contributed by atoms with Crippen LogP contribution in [0.1, 0.15) is 58.4 Å². The van der Waals surface area contributed by atoms with Crippen molar-refractivity contribution in [2.45, 2.75) is 69.8 Å². The minimum atomic E-state index is -4.32. The van der Waals surface area contributed by atoms with Crippen LogP contribution in [0, 0.1) is 5.92 Å². The maximum absolute atomic E-state index is 12.6. The molecule has 1 saturated carbocycles. The summed E-state index contributed by atoms with van der Waals surface area (Å²) in [7, 11) is -3.36. The standard InChI is InChI=1S/C19H29F3N2O2S/c1-4-18(2,3)27(25,26)24-17-9-5-14(6-10-17)13-23-16-11-7-15(8-12-16)19(20,21)22/h7-8,11-12,14,17,23-24H,4-6,9-10,13H2,1-3H3. The Hall–Kier alpha value is -1.28. The minimum Gasteiger partial charge on any atom is -0.385 e. The average molecular weight is 407 g/mol. The van der Waals surface area contributed by atoms with Crippen LogP contribution in [0.4, 0.5) is 18.9 Å². The Morgan fingerprint density at radius 3 is 2.07 bits per heavy atom. The van der Waals surface area contributed by atoms with Gasteiger partial charge in [-0.15, -0.1) is 0 Å². The number of hydrogen-bond donors (Lipinski definition) is 2. The molecule has 0 atom stereocenters. The van der Waals surface area contributed by atoms with Gasteiger partial charge in [-0.1, -0.05) is 6.92 Å². The van der Waals surface area contributed by atoms with Gasteiger partial charge in [0, 0.05) is 18.3 Å². The maximum Gasteiger partial charge on any atom is 0.416 e. The number of halogens is 3. The van der Waals surface area contributed by atoms with Crippen molar-refractivity contribution in [3.05, 3.63) is 29.8 Å². The van der Waals surface area contributed by atoms with Gasteiger partial charge in [-0.05, 0) is 76.1 Å². The van der Waals surface area contributed by atoms with Gasteiger partial charge in [0.15, 0.2) is 0 Å². The third-order valence-electron chi connectivity index (χ3n) is 5.55. The fourth-order valence-electron chi connectivity index (χ4n) is 3.09. The van der Waals surface area contributed by atoms with E-state index in [1.165, 1.54) is 12.1 Å². The molecule has 1 fully saturated rings. The summed E-state index contributed by atoms with van der Waals surface area (Å²) in [6, 6.07) is 4.99. The number of hydrogen-bond acceptors (Lipinski definition) is 3. The molecule has 4 nitrogen and oxygen atoms in total. The zero-order valence-electron chi connectivity index (χ0n) is 16.1. The number of sulfonamides is 1. The lowest BCUT2D eigenvalue weighted by atomic mass is 9.86. The second kappa shape index (κ2) is 8.39. The zero-order chi connectivity index (χ0) is 20.3. The molecular weight excluding hydrogens is 377 g/mol. The highest BCUT2D eigenvalue weighted by Crippen LogP contribution is 2.31. The van der Waals surface area contributed by atoms with E-state index in [0.29, 0.717) is 24.6 Å². The van der Waals surface area contributed by atoms with E-state index in [1.807, 2.05) is 6.92 Å². The molecule has 154 valence electrons. The predicted octanol–water partition coefficient (Wildman–Crippen LogP) is 4.78. The van der Waals surface area contributed by atoms with E-state index < -0.39 is 26.5 Å². The summed E-state index contributed by atoms with van der Waals surface area (Å²) in [5, 5.41) is 3.18. The maximum atomic E-state index is 12.6. The molecule has 0 unspecified atom stereocenters. The van der Waals surface area contributed by atoms with Gasteiger partial charge in [-0.2, -0.15) is 13.2 Å². The minimum absolute atomic E-state index is 0.0388. The molecule has 0 bridgehead atoms. The Labute approximate surface area is 160 Å². The van der Waals surface area contributed by atoms with E-state index in [0.717, 1.165) is 37.8 Å². The van der Waals surface area contributed by atoms with E-state index in [1.54, 1.807) is 13.8 Å². The fourth-order valence-corrected chi connectivity index (χ4v) is 4.47. The highest BCUT2D eigenvalue weighted by Gasteiger charge is 2.35. The molecule has 8 heteroatoms. The normalized spacial score (nSPS) is 21.9. The van der Waals surface area contributed by atoms with Crippen LogP contribution >= 0.6 is 0 Å². The summed E-state index contributed by atoms with van der Waals surface area (Å²) in [6.45, 7) is 6.00. The molecule has 2 N–H and O–H groups in total. The van der Waals surface area contributed by atoms with Crippen molar-refractivity contribution >= 4 is 15.7 Å². The second-order valence-electron chi connectivity index (χ2n) is 7.91. The van der Waals surface area contributed by atoms with E-state index >= 15 is 0 Å². The number of anilines is 1. The first kappa shape index (κ1) is 22.0.